The van der Waals surface area contributed by atoms with Gasteiger partial charge in [0.05, 0.1) is 18.4 Å². The van der Waals surface area contributed by atoms with Gasteiger partial charge in [-0.15, -0.1) is 0 Å². The molecule has 1 saturated carbocycles. The molecular formula is C15H21FN2O3. The van der Waals surface area contributed by atoms with E-state index in [1.807, 2.05) is 0 Å². The molecule has 0 atom stereocenters. The van der Waals surface area contributed by atoms with E-state index in [1.54, 1.807) is 0 Å². The van der Waals surface area contributed by atoms with Crippen LogP contribution in [0, 0.1) is 11.7 Å². The van der Waals surface area contributed by atoms with E-state index in [1.165, 1.54) is 26.0 Å². The Balaban J connectivity index is 1.82. The molecule has 1 aliphatic rings. The van der Waals surface area contributed by atoms with Crippen molar-refractivity contribution in [1.82, 2.24) is 0 Å². The number of hydrogen-bond acceptors (Lipinski definition) is 5. The monoisotopic (exact) mass is 296 g/mol. The van der Waals surface area contributed by atoms with Gasteiger partial charge in [-0.2, -0.15) is 0 Å². The number of ether oxygens (including phenoxy) is 2. The summed E-state index contributed by atoms with van der Waals surface area (Å²) >= 11 is 0. The number of carbonyl (C=O) groups is 1. The lowest BCUT2D eigenvalue weighted by atomic mass is 10.1. The number of carbonyl (C=O) groups excluding carboxylic acids is 1. The summed E-state index contributed by atoms with van der Waals surface area (Å²) in [6.45, 7) is 2.03. The number of rotatable bonds is 8. The fourth-order valence-electron chi connectivity index (χ4n) is 1.94. The predicted octanol–water partition coefficient (Wildman–Crippen LogP) is 2.42. The zero-order chi connectivity index (χ0) is 15.2. The normalized spacial score (nSPS) is 14.0. The van der Waals surface area contributed by atoms with E-state index in [0.29, 0.717) is 13.2 Å². The van der Waals surface area contributed by atoms with E-state index in [4.69, 9.17) is 10.5 Å². The third kappa shape index (κ3) is 4.60. The first-order chi connectivity index (χ1) is 10.1. The van der Waals surface area contributed by atoms with Crippen LogP contribution >= 0.6 is 0 Å². The fraction of sp³-hybridized carbons (Fsp3) is 0.533. The lowest BCUT2D eigenvalue weighted by Crippen LogP contribution is -2.11. The molecule has 0 amide bonds. The van der Waals surface area contributed by atoms with Crippen LogP contribution < -0.4 is 11.1 Å². The number of hydrogen-bond donors (Lipinski definition) is 2. The minimum absolute atomic E-state index is 0.0673. The number of nitrogens with two attached hydrogens (primary N) is 1. The molecule has 0 unspecified atom stereocenters. The molecule has 0 radical (unpaired) electrons. The van der Waals surface area contributed by atoms with E-state index in [2.05, 4.69) is 10.1 Å². The van der Waals surface area contributed by atoms with Crippen molar-refractivity contribution in [2.24, 2.45) is 5.92 Å². The van der Waals surface area contributed by atoms with Gasteiger partial charge in [-0.25, -0.2) is 9.18 Å². The lowest BCUT2D eigenvalue weighted by molar-refractivity contribution is 0.0602. The van der Waals surface area contributed by atoms with Crippen LogP contribution in [0.3, 0.4) is 0 Å². The molecule has 6 heteroatoms. The Morgan fingerprint density at radius 2 is 2.24 bits per heavy atom. The van der Waals surface area contributed by atoms with Crippen molar-refractivity contribution in [3.05, 3.63) is 23.5 Å². The molecule has 0 saturated heterocycles. The number of halogens is 1. The number of esters is 1. The first-order valence-electron chi connectivity index (χ1n) is 7.10. The van der Waals surface area contributed by atoms with Crippen molar-refractivity contribution < 1.29 is 18.7 Å². The number of benzene rings is 1. The van der Waals surface area contributed by atoms with Crippen LogP contribution in [-0.2, 0) is 9.47 Å². The average molecular weight is 296 g/mol. The molecule has 0 aromatic heterocycles. The highest BCUT2D eigenvalue weighted by atomic mass is 19.1. The summed E-state index contributed by atoms with van der Waals surface area (Å²) in [5.74, 6) is -0.322. The highest BCUT2D eigenvalue weighted by Gasteiger charge is 2.20. The third-order valence-electron chi connectivity index (χ3n) is 3.38. The Kier molecular flexibility index (Phi) is 5.38. The van der Waals surface area contributed by atoms with Crippen molar-refractivity contribution in [3.8, 4) is 0 Å². The first-order valence-corrected chi connectivity index (χ1v) is 7.10. The van der Waals surface area contributed by atoms with Crippen molar-refractivity contribution >= 4 is 17.3 Å². The quantitative estimate of drug-likeness (QED) is 0.438. The molecule has 116 valence electrons. The summed E-state index contributed by atoms with van der Waals surface area (Å²) in [5.41, 5.74) is 6.08. The molecule has 1 aromatic rings. The molecular weight excluding hydrogens is 275 g/mol. The van der Waals surface area contributed by atoms with Gasteiger partial charge in [0, 0.05) is 25.4 Å². The molecule has 2 rings (SSSR count). The summed E-state index contributed by atoms with van der Waals surface area (Å²) in [5, 5.41) is 2.94. The maximum atomic E-state index is 13.8. The molecule has 0 heterocycles. The first kappa shape index (κ1) is 15.6. The topological polar surface area (TPSA) is 73.6 Å². The molecule has 1 aliphatic carbocycles. The van der Waals surface area contributed by atoms with Gasteiger partial charge in [0.2, 0.25) is 0 Å². The van der Waals surface area contributed by atoms with Gasteiger partial charge in [-0.05, 0) is 37.3 Å². The maximum Gasteiger partial charge on any atom is 0.340 e. The molecule has 1 aromatic carbocycles. The summed E-state index contributed by atoms with van der Waals surface area (Å²) in [6, 6.07) is 2.50. The SMILES string of the molecule is COC(=O)c1cc(NCCCOCC2CC2)c(F)cc1N. The molecule has 1 fully saturated rings. The van der Waals surface area contributed by atoms with Crippen LogP contribution in [0.4, 0.5) is 15.8 Å². The zero-order valence-electron chi connectivity index (χ0n) is 12.2. The number of nitrogen functional groups attached to an aromatic ring is 1. The van der Waals surface area contributed by atoms with Crippen LogP contribution in [0.25, 0.3) is 0 Å². The van der Waals surface area contributed by atoms with Crippen LogP contribution in [0.5, 0.6) is 0 Å². The highest BCUT2D eigenvalue weighted by molar-refractivity contribution is 5.96. The molecule has 3 N–H and O–H groups in total. The molecule has 21 heavy (non-hydrogen) atoms. The fourth-order valence-corrected chi connectivity index (χ4v) is 1.94. The van der Waals surface area contributed by atoms with Gasteiger partial charge < -0.3 is 20.5 Å². The van der Waals surface area contributed by atoms with Crippen LogP contribution in [-0.4, -0.2) is 32.8 Å². The van der Waals surface area contributed by atoms with Crippen molar-refractivity contribution in [1.29, 1.82) is 0 Å². The van der Waals surface area contributed by atoms with E-state index in [9.17, 15) is 9.18 Å². The zero-order valence-corrected chi connectivity index (χ0v) is 12.2. The van der Waals surface area contributed by atoms with Crippen LogP contribution in [0.2, 0.25) is 0 Å². The predicted molar refractivity (Wildman–Crippen MR) is 78.8 cm³/mol. The van der Waals surface area contributed by atoms with Gasteiger partial charge in [0.25, 0.3) is 0 Å². The van der Waals surface area contributed by atoms with Crippen molar-refractivity contribution in [2.45, 2.75) is 19.3 Å². The van der Waals surface area contributed by atoms with Crippen LogP contribution in [0.1, 0.15) is 29.6 Å². The summed E-state index contributed by atoms with van der Waals surface area (Å²) in [4.78, 5) is 11.5. The van der Waals surface area contributed by atoms with E-state index < -0.39 is 11.8 Å². The minimum Gasteiger partial charge on any atom is -0.465 e. The molecule has 0 spiro atoms. The Hall–Kier alpha value is -1.82. The Labute approximate surface area is 123 Å². The van der Waals surface area contributed by atoms with Gasteiger partial charge in [-0.1, -0.05) is 0 Å². The third-order valence-corrected chi connectivity index (χ3v) is 3.38. The Morgan fingerprint density at radius 3 is 2.90 bits per heavy atom. The summed E-state index contributed by atoms with van der Waals surface area (Å²) in [7, 11) is 1.26. The second kappa shape index (κ2) is 7.26. The summed E-state index contributed by atoms with van der Waals surface area (Å²) in [6.07, 6.45) is 3.31. The second-order valence-electron chi connectivity index (χ2n) is 5.21. The molecule has 0 bridgehead atoms. The second-order valence-corrected chi connectivity index (χ2v) is 5.21. The van der Waals surface area contributed by atoms with Gasteiger partial charge >= 0.3 is 5.97 Å². The lowest BCUT2D eigenvalue weighted by Gasteiger charge is -2.11. The van der Waals surface area contributed by atoms with Crippen molar-refractivity contribution in [2.75, 3.05) is 37.9 Å². The van der Waals surface area contributed by atoms with Gasteiger partial charge in [0.15, 0.2) is 0 Å². The Morgan fingerprint density at radius 1 is 1.48 bits per heavy atom. The number of nitrogens with one attached hydrogen (secondary N) is 1. The number of methoxy groups -OCH3 is 1. The smallest absolute Gasteiger partial charge is 0.340 e. The standard InChI is InChI=1S/C15H21FN2O3/c1-20-15(19)11-7-14(12(16)8-13(11)17)18-5-2-6-21-9-10-3-4-10/h7-8,10,18H,2-6,9,17H2,1H3. The number of anilines is 2. The van der Waals surface area contributed by atoms with Crippen LogP contribution in [0.15, 0.2) is 12.1 Å². The molecule has 0 aliphatic heterocycles. The maximum absolute atomic E-state index is 13.8. The largest absolute Gasteiger partial charge is 0.465 e. The van der Waals surface area contributed by atoms with E-state index in [0.717, 1.165) is 25.0 Å². The molecule has 5 nitrogen and oxygen atoms in total. The Bertz CT molecular complexity index is 504. The average Bonchev–Trinajstić information content (AvgIpc) is 3.28. The van der Waals surface area contributed by atoms with Gasteiger partial charge in [0.1, 0.15) is 5.82 Å². The summed E-state index contributed by atoms with van der Waals surface area (Å²) < 4.78 is 23.9. The minimum atomic E-state index is -0.580. The van der Waals surface area contributed by atoms with Gasteiger partial charge in [-0.3, -0.25) is 0 Å². The van der Waals surface area contributed by atoms with Crippen molar-refractivity contribution in [3.63, 3.8) is 0 Å². The van der Waals surface area contributed by atoms with E-state index in [-0.39, 0.29) is 16.9 Å². The van der Waals surface area contributed by atoms with E-state index >= 15 is 0 Å². The highest BCUT2D eigenvalue weighted by Crippen LogP contribution is 2.28.